The minimum Gasteiger partial charge on any atom is -0.480 e. The zero-order valence-corrected chi connectivity index (χ0v) is 34.8. The van der Waals surface area contributed by atoms with Crippen LogP contribution in [0.1, 0.15) is 59.3 Å². The normalized spacial score (nSPS) is 15.7. The summed E-state index contributed by atoms with van der Waals surface area (Å²) in [4.78, 5) is 42.4. The van der Waals surface area contributed by atoms with Crippen LogP contribution in [-0.2, 0) is 33.3 Å². The second kappa shape index (κ2) is 16.5. The predicted octanol–water partition coefficient (Wildman–Crippen LogP) is 9.06. The lowest BCUT2D eigenvalue weighted by molar-refractivity contribution is -0.139. The number of nitrogens with zero attached hydrogens (tertiary/aromatic N) is 4. The molecule has 10 rings (SSSR count). The number of pyridine rings is 2. The SMILES string of the molecule is N[C@@H](Cc1ccc(-c2nc3ccc(C4(c5ccccc5)CC4)nc3s2)c(F)c1)C(=O)O.N[C@H](Cc1ccc(-c2nc3ccc(C4(c5ccccc5)CC4)nc3s2)c(F)c1)C(=O)O. The lowest BCUT2D eigenvalue weighted by Crippen LogP contribution is -2.32. The van der Waals surface area contributed by atoms with Crippen molar-refractivity contribution in [2.45, 2.75) is 61.4 Å². The maximum Gasteiger partial charge on any atom is 0.320 e. The van der Waals surface area contributed by atoms with E-state index < -0.39 is 35.7 Å². The summed E-state index contributed by atoms with van der Waals surface area (Å²) < 4.78 is 29.5. The van der Waals surface area contributed by atoms with Gasteiger partial charge in [-0.3, -0.25) is 9.59 Å². The van der Waals surface area contributed by atoms with Gasteiger partial charge in [-0.05, 0) is 109 Å². The second-order valence-electron chi connectivity index (χ2n) is 15.9. The van der Waals surface area contributed by atoms with Crippen LogP contribution >= 0.6 is 22.7 Å². The van der Waals surface area contributed by atoms with Crippen molar-refractivity contribution in [3.05, 3.63) is 167 Å². The van der Waals surface area contributed by atoms with Crippen molar-refractivity contribution in [3.8, 4) is 21.1 Å². The Morgan fingerprint density at radius 3 is 1.29 bits per heavy atom. The van der Waals surface area contributed by atoms with Gasteiger partial charge >= 0.3 is 11.9 Å². The smallest absolute Gasteiger partial charge is 0.320 e. The molecule has 2 atom stereocenters. The first kappa shape index (κ1) is 41.1. The number of nitrogens with two attached hydrogens (primary N) is 2. The van der Waals surface area contributed by atoms with E-state index in [4.69, 9.17) is 31.6 Å². The summed E-state index contributed by atoms with van der Waals surface area (Å²) in [5, 5.41) is 19.0. The van der Waals surface area contributed by atoms with Crippen molar-refractivity contribution in [1.82, 2.24) is 19.9 Å². The Morgan fingerprint density at radius 2 is 0.952 bits per heavy atom. The first-order chi connectivity index (χ1) is 29.9. The fourth-order valence-corrected chi connectivity index (χ4v) is 9.88. The molecule has 4 aromatic carbocycles. The molecule has 14 heteroatoms. The molecule has 0 amide bonds. The van der Waals surface area contributed by atoms with E-state index in [2.05, 4.69) is 58.5 Å². The van der Waals surface area contributed by atoms with Crippen LogP contribution in [0, 0.1) is 11.6 Å². The van der Waals surface area contributed by atoms with E-state index in [1.165, 1.54) is 45.9 Å². The third-order valence-electron chi connectivity index (χ3n) is 11.7. The Hall–Kier alpha value is -6.32. The maximum atomic E-state index is 14.8. The first-order valence-electron chi connectivity index (χ1n) is 20.1. The monoisotopic (exact) mass is 866 g/mol. The quantitative estimate of drug-likeness (QED) is 0.0926. The first-order valence-corrected chi connectivity index (χ1v) is 21.8. The molecule has 2 fully saturated rings. The summed E-state index contributed by atoms with van der Waals surface area (Å²) in [7, 11) is 0. The molecule has 0 spiro atoms. The standard InChI is InChI=1S/2C24H20FN3O2S/c2*25-17-12-14(13-18(26)23(29)30)6-7-16(17)21-27-19-8-9-20(28-22(19)31-21)24(10-11-24)15-4-2-1-3-5-15/h2*1-9,12,18H,10-11,13,26H2,(H,29,30)/t2*18-/m10/s1. The Balaban J connectivity index is 0.000000158. The van der Waals surface area contributed by atoms with Crippen LogP contribution in [-0.4, -0.2) is 54.2 Å². The lowest BCUT2D eigenvalue weighted by atomic mass is 9.92. The van der Waals surface area contributed by atoms with Crippen molar-refractivity contribution in [3.63, 3.8) is 0 Å². The number of hydrogen-bond donors (Lipinski definition) is 4. The number of aromatic nitrogens is 4. The predicted molar refractivity (Wildman–Crippen MR) is 237 cm³/mol. The van der Waals surface area contributed by atoms with E-state index in [0.29, 0.717) is 32.3 Å². The largest absolute Gasteiger partial charge is 0.480 e. The highest BCUT2D eigenvalue weighted by Gasteiger charge is 2.48. The molecule has 2 saturated carbocycles. The number of benzene rings is 4. The van der Waals surface area contributed by atoms with Gasteiger partial charge in [-0.25, -0.2) is 28.7 Å². The number of fused-ring (bicyclic) bond motifs is 2. The number of carboxylic acid groups (broad SMARTS) is 2. The van der Waals surface area contributed by atoms with Gasteiger partial charge in [0.1, 0.15) is 54.4 Å². The molecule has 312 valence electrons. The molecule has 0 bridgehead atoms. The zero-order valence-electron chi connectivity index (χ0n) is 33.2. The van der Waals surface area contributed by atoms with Crippen LogP contribution < -0.4 is 11.5 Å². The minimum absolute atomic E-state index is 0.0323. The van der Waals surface area contributed by atoms with Crippen LogP contribution in [0.25, 0.3) is 41.8 Å². The molecule has 8 aromatic rings. The highest BCUT2D eigenvalue weighted by atomic mass is 32.1. The summed E-state index contributed by atoms with van der Waals surface area (Å²) in [6, 6.07) is 36.0. The van der Waals surface area contributed by atoms with Crippen molar-refractivity contribution >= 4 is 55.3 Å². The summed E-state index contributed by atoms with van der Waals surface area (Å²) in [6.45, 7) is 0. The molecule has 0 aliphatic heterocycles. The average Bonchev–Trinajstić information content (AvgIpc) is 4.18. The van der Waals surface area contributed by atoms with E-state index in [-0.39, 0.29) is 23.7 Å². The molecule has 10 nitrogen and oxygen atoms in total. The third-order valence-corrected chi connectivity index (χ3v) is 13.7. The fourth-order valence-electron chi connectivity index (χ4n) is 7.95. The van der Waals surface area contributed by atoms with Crippen LogP contribution in [0.3, 0.4) is 0 Å². The van der Waals surface area contributed by atoms with Crippen molar-refractivity contribution in [1.29, 1.82) is 0 Å². The molecule has 62 heavy (non-hydrogen) atoms. The lowest BCUT2D eigenvalue weighted by Gasteiger charge is -2.14. The van der Waals surface area contributed by atoms with E-state index >= 15 is 0 Å². The number of hydrogen-bond acceptors (Lipinski definition) is 10. The van der Waals surface area contributed by atoms with Gasteiger partial charge in [0.25, 0.3) is 0 Å². The van der Waals surface area contributed by atoms with Crippen LogP contribution in [0.15, 0.2) is 121 Å². The van der Waals surface area contributed by atoms with E-state index in [9.17, 15) is 18.4 Å². The maximum absolute atomic E-state index is 14.8. The number of carbonyl (C=O) groups is 2. The molecule has 4 aromatic heterocycles. The van der Waals surface area contributed by atoms with E-state index in [0.717, 1.165) is 57.8 Å². The number of rotatable bonds is 12. The molecule has 0 saturated heterocycles. The molecule has 2 aliphatic rings. The molecule has 6 N–H and O–H groups in total. The van der Waals surface area contributed by atoms with Crippen molar-refractivity contribution in [2.75, 3.05) is 0 Å². The highest BCUT2D eigenvalue weighted by Crippen LogP contribution is 2.54. The Morgan fingerprint density at radius 1 is 0.565 bits per heavy atom. The van der Waals surface area contributed by atoms with Gasteiger partial charge in [0.05, 0.1) is 11.4 Å². The van der Waals surface area contributed by atoms with Crippen molar-refractivity contribution < 1.29 is 28.6 Å². The van der Waals surface area contributed by atoms with Gasteiger partial charge in [-0.2, -0.15) is 0 Å². The van der Waals surface area contributed by atoms with Gasteiger partial charge in [-0.1, -0.05) is 95.5 Å². The van der Waals surface area contributed by atoms with E-state index in [1.807, 2.05) is 36.4 Å². The van der Waals surface area contributed by atoms with Gasteiger partial charge in [-0.15, -0.1) is 0 Å². The zero-order chi connectivity index (χ0) is 43.2. The summed E-state index contributed by atoms with van der Waals surface area (Å²) in [5.41, 5.74) is 19.0. The average molecular weight is 867 g/mol. The fraction of sp³-hybridized carbons (Fsp3) is 0.208. The molecule has 2 aliphatic carbocycles. The van der Waals surface area contributed by atoms with Gasteiger partial charge in [0, 0.05) is 22.0 Å². The third kappa shape index (κ3) is 8.09. The Kier molecular flexibility index (Phi) is 10.9. The number of thiazole rings is 2. The number of halogens is 2. The van der Waals surface area contributed by atoms with E-state index in [1.54, 1.807) is 24.3 Å². The highest BCUT2D eigenvalue weighted by molar-refractivity contribution is 7.21. The van der Waals surface area contributed by atoms with Gasteiger partial charge < -0.3 is 21.7 Å². The molecular weight excluding hydrogens is 827 g/mol. The summed E-state index contributed by atoms with van der Waals surface area (Å²) >= 11 is 2.72. The van der Waals surface area contributed by atoms with Gasteiger partial charge in [0.15, 0.2) is 0 Å². The molecular formula is C48H40F2N6O4S2. The van der Waals surface area contributed by atoms with Crippen LogP contribution in [0.2, 0.25) is 0 Å². The molecule has 0 radical (unpaired) electrons. The minimum atomic E-state index is -1.11. The molecule has 0 unspecified atom stereocenters. The Bertz CT molecular complexity index is 2770. The summed E-state index contributed by atoms with van der Waals surface area (Å²) in [6.07, 6.45) is 4.40. The van der Waals surface area contributed by atoms with Crippen LogP contribution in [0.5, 0.6) is 0 Å². The van der Waals surface area contributed by atoms with Crippen molar-refractivity contribution in [2.24, 2.45) is 11.5 Å². The second-order valence-corrected chi connectivity index (χ2v) is 17.9. The summed E-state index contributed by atoms with van der Waals surface area (Å²) in [5.74, 6) is -3.11. The number of carboxylic acids is 2. The van der Waals surface area contributed by atoms with Crippen LogP contribution in [0.4, 0.5) is 8.78 Å². The number of aliphatic carboxylic acids is 2. The Labute approximate surface area is 363 Å². The van der Waals surface area contributed by atoms with Gasteiger partial charge in [0.2, 0.25) is 0 Å². The molecule has 4 heterocycles. The topological polar surface area (TPSA) is 178 Å².